The quantitative estimate of drug-likeness (QED) is 0.451. The van der Waals surface area contributed by atoms with E-state index in [1.807, 2.05) is 0 Å². The summed E-state index contributed by atoms with van der Waals surface area (Å²) in [4.78, 5) is 27.3. The van der Waals surface area contributed by atoms with Gasteiger partial charge in [-0.1, -0.05) is 0 Å². The third kappa shape index (κ3) is 6.99. The van der Waals surface area contributed by atoms with Crippen LogP contribution >= 0.6 is 7.82 Å². The van der Waals surface area contributed by atoms with E-state index in [0.29, 0.717) is 0 Å². The molecular weight excluding hydrogens is 215 g/mol. The highest BCUT2D eigenvalue weighted by Crippen LogP contribution is 2.37. The zero-order chi connectivity index (χ0) is 11.4. The standard InChI is InChI=1S/C6H13O7P/c1-6(9,2-3-7)4-5(8)13-14(10,11)12/h7,9H,2-4H2,1H3,(H2,10,11,12)/t6-/m1/s1. The van der Waals surface area contributed by atoms with Crippen molar-refractivity contribution >= 4 is 13.8 Å². The highest BCUT2D eigenvalue weighted by molar-refractivity contribution is 7.46. The van der Waals surface area contributed by atoms with Gasteiger partial charge in [-0.05, 0) is 13.3 Å². The smallest absolute Gasteiger partial charge is 0.396 e. The Labute approximate surface area is 80.6 Å². The molecule has 0 aliphatic carbocycles. The van der Waals surface area contributed by atoms with Crippen LogP contribution < -0.4 is 0 Å². The van der Waals surface area contributed by atoms with Gasteiger partial charge in [0.05, 0.1) is 12.0 Å². The molecule has 1 atom stereocenters. The molecule has 0 aliphatic heterocycles. The number of hydrogen-bond donors (Lipinski definition) is 4. The van der Waals surface area contributed by atoms with E-state index in [0.717, 1.165) is 0 Å². The van der Waals surface area contributed by atoms with Gasteiger partial charge >= 0.3 is 13.8 Å². The molecule has 0 fully saturated rings. The van der Waals surface area contributed by atoms with Crippen molar-refractivity contribution in [2.24, 2.45) is 0 Å². The fraction of sp³-hybridized carbons (Fsp3) is 0.833. The number of hydrogen-bond acceptors (Lipinski definition) is 5. The van der Waals surface area contributed by atoms with Crippen LogP contribution in [0.25, 0.3) is 0 Å². The fourth-order valence-electron chi connectivity index (χ4n) is 0.805. The summed E-state index contributed by atoms with van der Waals surface area (Å²) in [5, 5.41) is 17.8. The van der Waals surface area contributed by atoms with Crippen LogP contribution in [0, 0.1) is 0 Å². The van der Waals surface area contributed by atoms with Gasteiger partial charge in [-0.3, -0.25) is 14.6 Å². The Morgan fingerprint density at radius 1 is 1.50 bits per heavy atom. The van der Waals surface area contributed by atoms with Gasteiger partial charge in [-0.25, -0.2) is 4.57 Å². The normalized spacial score (nSPS) is 16.1. The van der Waals surface area contributed by atoms with E-state index in [2.05, 4.69) is 4.52 Å². The van der Waals surface area contributed by atoms with E-state index in [-0.39, 0.29) is 13.0 Å². The average molecular weight is 228 g/mol. The number of phosphoric ester groups is 1. The molecule has 0 amide bonds. The van der Waals surface area contributed by atoms with Crippen molar-refractivity contribution < 1.29 is 33.9 Å². The van der Waals surface area contributed by atoms with Gasteiger partial charge in [0.15, 0.2) is 0 Å². The second-order valence-electron chi connectivity index (χ2n) is 3.10. The van der Waals surface area contributed by atoms with Crippen LogP contribution in [-0.4, -0.2) is 38.2 Å². The summed E-state index contributed by atoms with van der Waals surface area (Å²) in [7, 11) is -4.85. The first-order valence-electron chi connectivity index (χ1n) is 3.77. The summed E-state index contributed by atoms with van der Waals surface area (Å²) in [5.74, 6) is -1.21. The lowest BCUT2D eigenvalue weighted by Gasteiger charge is -2.20. The van der Waals surface area contributed by atoms with E-state index in [9.17, 15) is 14.5 Å². The second-order valence-corrected chi connectivity index (χ2v) is 4.26. The summed E-state index contributed by atoms with van der Waals surface area (Å²) in [6.45, 7) is 0.917. The van der Waals surface area contributed by atoms with Crippen molar-refractivity contribution in [1.82, 2.24) is 0 Å². The number of aliphatic hydroxyl groups excluding tert-OH is 1. The predicted octanol–water partition coefficient (Wildman–Crippen LogP) is -0.854. The summed E-state index contributed by atoms with van der Waals surface area (Å²) in [5.41, 5.74) is -1.53. The molecule has 0 heterocycles. The number of carbonyl (C=O) groups is 1. The Kier molecular flexibility index (Phi) is 4.70. The Bertz CT molecular complexity index is 243. The van der Waals surface area contributed by atoms with Gasteiger partial charge in [0.2, 0.25) is 0 Å². The lowest BCUT2D eigenvalue weighted by Crippen LogP contribution is -2.29. The van der Waals surface area contributed by atoms with Crippen LogP contribution in [0.1, 0.15) is 19.8 Å². The zero-order valence-electron chi connectivity index (χ0n) is 7.58. The first kappa shape index (κ1) is 13.5. The maximum Gasteiger partial charge on any atom is 0.526 e. The van der Waals surface area contributed by atoms with Gasteiger partial charge in [-0.2, -0.15) is 0 Å². The SMILES string of the molecule is C[C@@](O)(CCO)CC(=O)OP(=O)(O)O. The molecule has 0 unspecified atom stereocenters. The first-order chi connectivity index (χ1) is 6.16. The Balaban J connectivity index is 4.12. The maximum atomic E-state index is 10.8. The molecule has 14 heavy (non-hydrogen) atoms. The fourth-order valence-corrected chi connectivity index (χ4v) is 1.13. The highest BCUT2D eigenvalue weighted by atomic mass is 31.2. The van der Waals surface area contributed by atoms with Crippen molar-refractivity contribution in [2.75, 3.05) is 6.61 Å². The molecule has 7 nitrogen and oxygen atoms in total. The van der Waals surface area contributed by atoms with Gasteiger partial charge in [-0.15, -0.1) is 0 Å². The van der Waals surface area contributed by atoms with Crippen LogP contribution in [0.4, 0.5) is 0 Å². The maximum absolute atomic E-state index is 10.8. The molecule has 84 valence electrons. The Hall–Kier alpha value is -0.460. The minimum Gasteiger partial charge on any atom is -0.396 e. The van der Waals surface area contributed by atoms with E-state index in [1.54, 1.807) is 0 Å². The van der Waals surface area contributed by atoms with Crippen molar-refractivity contribution in [3.63, 3.8) is 0 Å². The number of rotatable bonds is 5. The number of aliphatic hydroxyl groups is 2. The Morgan fingerprint density at radius 3 is 2.36 bits per heavy atom. The van der Waals surface area contributed by atoms with Crippen molar-refractivity contribution in [3.05, 3.63) is 0 Å². The van der Waals surface area contributed by atoms with Crippen LogP contribution in [0.15, 0.2) is 0 Å². The lowest BCUT2D eigenvalue weighted by molar-refractivity contribution is -0.140. The van der Waals surface area contributed by atoms with E-state index in [4.69, 9.17) is 14.9 Å². The molecule has 8 heteroatoms. The molecule has 0 aliphatic rings. The number of carbonyl (C=O) groups excluding carboxylic acids is 1. The van der Waals surface area contributed by atoms with Crippen molar-refractivity contribution in [3.8, 4) is 0 Å². The molecular formula is C6H13O7P. The minimum absolute atomic E-state index is 0.0801. The first-order valence-corrected chi connectivity index (χ1v) is 5.30. The van der Waals surface area contributed by atoms with Crippen LogP contribution in [0.2, 0.25) is 0 Å². The summed E-state index contributed by atoms with van der Waals surface area (Å²) in [6.07, 6.45) is -0.665. The van der Waals surface area contributed by atoms with E-state index in [1.165, 1.54) is 6.92 Å². The largest absolute Gasteiger partial charge is 0.526 e. The van der Waals surface area contributed by atoms with Crippen LogP contribution in [0.5, 0.6) is 0 Å². The summed E-state index contributed by atoms with van der Waals surface area (Å²) >= 11 is 0. The third-order valence-corrected chi connectivity index (χ3v) is 1.84. The second kappa shape index (κ2) is 4.86. The zero-order valence-corrected chi connectivity index (χ0v) is 8.48. The molecule has 4 N–H and O–H groups in total. The van der Waals surface area contributed by atoms with Gasteiger partial charge in [0.1, 0.15) is 0 Å². The molecule has 0 radical (unpaired) electrons. The molecule has 0 aromatic carbocycles. The molecule has 0 saturated carbocycles. The molecule has 0 spiro atoms. The monoisotopic (exact) mass is 228 g/mol. The highest BCUT2D eigenvalue weighted by Gasteiger charge is 2.28. The molecule has 0 saturated heterocycles. The number of phosphoric acid groups is 1. The van der Waals surface area contributed by atoms with Gasteiger partial charge in [0, 0.05) is 6.61 Å². The van der Waals surface area contributed by atoms with E-state index < -0.39 is 25.8 Å². The van der Waals surface area contributed by atoms with Gasteiger partial charge < -0.3 is 14.7 Å². The van der Waals surface area contributed by atoms with Crippen LogP contribution in [-0.2, 0) is 13.9 Å². The summed E-state index contributed by atoms with van der Waals surface area (Å²) < 4.78 is 13.9. The topological polar surface area (TPSA) is 124 Å². The molecule has 0 rings (SSSR count). The minimum atomic E-state index is -4.85. The lowest BCUT2D eigenvalue weighted by atomic mass is 9.99. The Morgan fingerprint density at radius 2 is 2.00 bits per heavy atom. The third-order valence-electron chi connectivity index (χ3n) is 1.40. The average Bonchev–Trinajstić information content (AvgIpc) is 1.78. The summed E-state index contributed by atoms with van der Waals surface area (Å²) in [6, 6.07) is 0. The molecule has 0 bridgehead atoms. The van der Waals surface area contributed by atoms with Crippen LogP contribution in [0.3, 0.4) is 0 Å². The van der Waals surface area contributed by atoms with Crippen molar-refractivity contribution in [2.45, 2.75) is 25.4 Å². The van der Waals surface area contributed by atoms with Gasteiger partial charge in [0.25, 0.3) is 0 Å². The van der Waals surface area contributed by atoms with Crippen molar-refractivity contribution in [1.29, 1.82) is 0 Å². The van der Waals surface area contributed by atoms with E-state index >= 15 is 0 Å². The predicted molar refractivity (Wildman–Crippen MR) is 45.1 cm³/mol. The molecule has 0 aromatic heterocycles. The molecule has 0 aromatic rings.